The van der Waals surface area contributed by atoms with Gasteiger partial charge in [0, 0.05) is 48.1 Å². The lowest BCUT2D eigenvalue weighted by Crippen LogP contribution is -2.12. The Bertz CT molecular complexity index is 1770. The van der Waals surface area contributed by atoms with Gasteiger partial charge >= 0.3 is 5.97 Å². The molecule has 0 bridgehead atoms. The van der Waals surface area contributed by atoms with Crippen LogP contribution < -0.4 is 4.74 Å². The Hall–Kier alpha value is -3.85. The number of ether oxygens (including phenoxy) is 1. The monoisotopic (exact) mass is 566 g/mol. The van der Waals surface area contributed by atoms with E-state index in [0.29, 0.717) is 38.0 Å². The first kappa shape index (κ1) is 25.8. The highest BCUT2D eigenvalue weighted by Gasteiger charge is 2.23. The van der Waals surface area contributed by atoms with Crippen molar-refractivity contribution in [2.75, 3.05) is 0 Å². The molecule has 7 nitrogen and oxygen atoms in total. The number of benzene rings is 3. The van der Waals surface area contributed by atoms with Crippen molar-refractivity contribution < 1.29 is 23.1 Å². The van der Waals surface area contributed by atoms with Crippen LogP contribution in [0.3, 0.4) is 0 Å². The SMILES string of the molecule is O=C(O)CCc1cn(S(=O)(=O)c2cccc(Oc3ccc(Cl)c(Cl)c3)c2)c2ccc(-c3cccnc3)cc12. The van der Waals surface area contributed by atoms with Gasteiger partial charge in [-0.15, -0.1) is 0 Å². The minimum absolute atomic E-state index is 0.00748. The Balaban J connectivity index is 1.57. The van der Waals surface area contributed by atoms with Crippen molar-refractivity contribution in [3.05, 3.63) is 107 Å². The number of carboxylic acids is 1. The van der Waals surface area contributed by atoms with E-state index in [1.165, 1.54) is 22.3 Å². The molecule has 38 heavy (non-hydrogen) atoms. The largest absolute Gasteiger partial charge is 0.481 e. The van der Waals surface area contributed by atoms with Crippen LogP contribution in [0.1, 0.15) is 12.0 Å². The molecule has 0 fully saturated rings. The minimum Gasteiger partial charge on any atom is -0.481 e. The van der Waals surface area contributed by atoms with Gasteiger partial charge < -0.3 is 9.84 Å². The van der Waals surface area contributed by atoms with Gasteiger partial charge in [0.1, 0.15) is 11.5 Å². The van der Waals surface area contributed by atoms with E-state index in [1.54, 1.807) is 48.8 Å². The number of carboxylic acid groups (broad SMARTS) is 1. The Morgan fingerprint density at radius 1 is 0.921 bits per heavy atom. The number of carbonyl (C=O) groups is 1. The predicted octanol–water partition coefficient (Wildman–Crippen LogP) is 7.06. The van der Waals surface area contributed by atoms with Crippen LogP contribution in [-0.2, 0) is 21.2 Å². The molecular formula is C28H20Cl2N2O5S. The summed E-state index contributed by atoms with van der Waals surface area (Å²) < 4.78 is 34.6. The van der Waals surface area contributed by atoms with Gasteiger partial charge in [0.05, 0.1) is 20.5 Å². The van der Waals surface area contributed by atoms with Crippen molar-refractivity contribution in [2.45, 2.75) is 17.7 Å². The second kappa shape index (κ2) is 10.5. The summed E-state index contributed by atoms with van der Waals surface area (Å²) in [5, 5.41) is 10.6. The third-order valence-corrected chi connectivity index (χ3v) is 8.35. The van der Waals surface area contributed by atoms with Gasteiger partial charge in [-0.1, -0.05) is 41.4 Å². The van der Waals surface area contributed by atoms with E-state index in [9.17, 15) is 18.3 Å². The van der Waals surface area contributed by atoms with E-state index in [1.807, 2.05) is 24.3 Å². The first-order valence-corrected chi connectivity index (χ1v) is 13.7. The molecule has 0 aliphatic rings. The van der Waals surface area contributed by atoms with Crippen molar-refractivity contribution in [2.24, 2.45) is 0 Å². The van der Waals surface area contributed by atoms with E-state index < -0.39 is 16.0 Å². The average molecular weight is 567 g/mol. The molecule has 0 radical (unpaired) electrons. The number of hydrogen-bond donors (Lipinski definition) is 1. The molecule has 0 aliphatic carbocycles. The number of rotatable bonds is 8. The molecule has 2 heterocycles. The van der Waals surface area contributed by atoms with E-state index in [2.05, 4.69) is 4.98 Å². The minimum atomic E-state index is -4.06. The number of halogens is 2. The molecule has 0 atom stereocenters. The summed E-state index contributed by atoms with van der Waals surface area (Å²) in [4.78, 5) is 15.4. The third kappa shape index (κ3) is 5.24. The molecule has 1 N–H and O–H groups in total. The van der Waals surface area contributed by atoms with Crippen LogP contribution in [0.5, 0.6) is 11.5 Å². The van der Waals surface area contributed by atoms with Gasteiger partial charge in [0.15, 0.2) is 0 Å². The quantitative estimate of drug-likeness (QED) is 0.216. The summed E-state index contributed by atoms with van der Waals surface area (Å²) in [7, 11) is -4.06. The highest BCUT2D eigenvalue weighted by atomic mass is 35.5. The van der Waals surface area contributed by atoms with Crippen LogP contribution in [0.15, 0.2) is 96.3 Å². The Morgan fingerprint density at radius 2 is 1.74 bits per heavy atom. The summed E-state index contributed by atoms with van der Waals surface area (Å²) >= 11 is 12.0. The summed E-state index contributed by atoms with van der Waals surface area (Å²) in [6.07, 6.45) is 4.91. The maximum absolute atomic E-state index is 13.8. The third-order valence-electron chi connectivity index (χ3n) is 5.95. The predicted molar refractivity (Wildman–Crippen MR) is 147 cm³/mol. The molecule has 5 rings (SSSR count). The molecule has 0 spiro atoms. The van der Waals surface area contributed by atoms with Gasteiger partial charge in [-0.2, -0.15) is 0 Å². The van der Waals surface area contributed by atoms with Gasteiger partial charge in [-0.25, -0.2) is 12.4 Å². The summed E-state index contributed by atoms with van der Waals surface area (Å²) in [5.41, 5.74) is 2.75. The molecule has 0 amide bonds. The zero-order chi connectivity index (χ0) is 26.9. The van der Waals surface area contributed by atoms with Crippen LogP contribution in [0, 0.1) is 0 Å². The van der Waals surface area contributed by atoms with Crippen molar-refractivity contribution in [1.29, 1.82) is 0 Å². The second-order valence-corrected chi connectivity index (χ2v) is 11.1. The normalized spacial score (nSPS) is 11.5. The Morgan fingerprint density at radius 3 is 2.47 bits per heavy atom. The number of pyridine rings is 1. The maximum Gasteiger partial charge on any atom is 0.303 e. The second-order valence-electron chi connectivity index (χ2n) is 8.48. The number of nitrogens with zero attached hydrogens (tertiary/aromatic N) is 2. The lowest BCUT2D eigenvalue weighted by Gasteiger charge is -2.11. The number of fused-ring (bicyclic) bond motifs is 1. The van der Waals surface area contributed by atoms with E-state index >= 15 is 0 Å². The lowest BCUT2D eigenvalue weighted by molar-refractivity contribution is -0.136. The zero-order valence-electron chi connectivity index (χ0n) is 19.7. The van der Waals surface area contributed by atoms with Gasteiger partial charge in [0.25, 0.3) is 10.0 Å². The fraction of sp³-hybridized carbons (Fsp3) is 0.0714. The number of aryl methyl sites for hydroxylation is 1. The first-order valence-electron chi connectivity index (χ1n) is 11.5. The number of aliphatic carboxylic acids is 1. The maximum atomic E-state index is 13.8. The summed E-state index contributed by atoms with van der Waals surface area (Å²) in [5.74, 6) is -0.269. The standard InChI is InChI=1S/C28H20Cl2N2O5S/c29-25-9-8-22(15-26(25)30)37-21-4-1-5-23(14-21)38(35,36)32-17-20(7-11-28(33)34)24-13-18(6-10-27(24)32)19-3-2-12-31-16-19/h1-6,8-10,12-17H,7,11H2,(H,33,34). The molecule has 5 aromatic rings. The van der Waals surface area contributed by atoms with Crippen LogP contribution in [0.2, 0.25) is 10.0 Å². The van der Waals surface area contributed by atoms with Crippen LogP contribution in [-0.4, -0.2) is 28.5 Å². The molecular weight excluding hydrogens is 547 g/mol. The van der Waals surface area contributed by atoms with Crippen molar-refractivity contribution in [3.8, 4) is 22.6 Å². The van der Waals surface area contributed by atoms with Gasteiger partial charge in [-0.3, -0.25) is 9.78 Å². The van der Waals surface area contributed by atoms with Crippen LogP contribution in [0.25, 0.3) is 22.0 Å². The molecule has 0 unspecified atom stereocenters. The van der Waals surface area contributed by atoms with Gasteiger partial charge in [-0.05, 0) is 60.0 Å². The van der Waals surface area contributed by atoms with Crippen molar-refractivity contribution in [3.63, 3.8) is 0 Å². The highest BCUT2D eigenvalue weighted by molar-refractivity contribution is 7.90. The van der Waals surface area contributed by atoms with E-state index in [4.69, 9.17) is 27.9 Å². The van der Waals surface area contributed by atoms with E-state index in [-0.39, 0.29) is 17.7 Å². The lowest BCUT2D eigenvalue weighted by atomic mass is 10.0. The van der Waals surface area contributed by atoms with Gasteiger partial charge in [0.2, 0.25) is 0 Å². The molecule has 10 heteroatoms. The average Bonchev–Trinajstić information content (AvgIpc) is 3.29. The summed E-state index contributed by atoms with van der Waals surface area (Å²) in [6, 6.07) is 20.0. The van der Waals surface area contributed by atoms with Crippen molar-refractivity contribution >= 4 is 50.1 Å². The van der Waals surface area contributed by atoms with E-state index in [0.717, 1.165) is 11.1 Å². The smallest absolute Gasteiger partial charge is 0.303 e. The first-order chi connectivity index (χ1) is 18.2. The topological polar surface area (TPSA) is 98.5 Å². The molecule has 2 aromatic heterocycles. The van der Waals surface area contributed by atoms with Crippen LogP contribution in [0.4, 0.5) is 0 Å². The Kier molecular flexibility index (Phi) is 7.12. The number of hydrogen-bond acceptors (Lipinski definition) is 5. The van der Waals surface area contributed by atoms with Crippen LogP contribution >= 0.6 is 23.2 Å². The number of aromatic nitrogens is 2. The molecule has 3 aromatic carbocycles. The molecule has 0 saturated carbocycles. The Labute approximate surface area is 228 Å². The molecule has 0 saturated heterocycles. The zero-order valence-corrected chi connectivity index (χ0v) is 22.0. The highest BCUT2D eigenvalue weighted by Crippen LogP contribution is 2.33. The molecule has 0 aliphatic heterocycles. The molecule has 192 valence electrons. The fourth-order valence-electron chi connectivity index (χ4n) is 4.11. The van der Waals surface area contributed by atoms with Crippen molar-refractivity contribution in [1.82, 2.24) is 8.96 Å². The fourth-order valence-corrected chi connectivity index (χ4v) is 5.82. The summed E-state index contributed by atoms with van der Waals surface area (Å²) in [6.45, 7) is 0.